The van der Waals surface area contributed by atoms with E-state index in [4.69, 9.17) is 11.6 Å². The molecule has 1 aromatic carbocycles. The van der Waals surface area contributed by atoms with Crippen molar-refractivity contribution in [2.75, 3.05) is 0 Å². The van der Waals surface area contributed by atoms with Gasteiger partial charge in [0.05, 0.1) is 16.6 Å². The Labute approximate surface area is 132 Å². The lowest BCUT2D eigenvalue weighted by Crippen LogP contribution is -2.14. The van der Waals surface area contributed by atoms with Gasteiger partial charge in [-0.25, -0.2) is 4.68 Å². The zero-order chi connectivity index (χ0) is 15.4. The molecule has 1 aliphatic carbocycles. The molecule has 0 fully saturated rings. The fraction of sp³-hybridized carbons (Fsp3) is 0.294. The lowest BCUT2D eigenvalue weighted by molar-refractivity contribution is 0.655. The number of benzene rings is 1. The summed E-state index contributed by atoms with van der Waals surface area (Å²) in [6, 6.07) is 7.22. The van der Waals surface area contributed by atoms with Crippen LogP contribution < -0.4 is 5.56 Å². The number of rotatable bonds is 1. The summed E-state index contributed by atoms with van der Waals surface area (Å²) in [5.74, 6) is 0.856. The number of hydrogen-bond donors (Lipinski definition) is 1. The Hall–Kier alpha value is -2.07. The van der Waals surface area contributed by atoms with Gasteiger partial charge in [0.25, 0.3) is 5.56 Å². The van der Waals surface area contributed by atoms with Crippen molar-refractivity contribution in [2.45, 2.75) is 32.1 Å². The molecule has 0 bridgehead atoms. The highest BCUT2D eigenvalue weighted by molar-refractivity contribution is 6.30. The normalized spacial score (nSPS) is 20.5. The van der Waals surface area contributed by atoms with Crippen molar-refractivity contribution in [3.8, 4) is 5.69 Å². The van der Waals surface area contributed by atoms with Crippen molar-refractivity contribution in [3.05, 3.63) is 57.1 Å². The van der Waals surface area contributed by atoms with Crippen molar-refractivity contribution in [3.63, 3.8) is 0 Å². The molecule has 112 valence electrons. The molecule has 2 aromatic heterocycles. The Morgan fingerprint density at radius 1 is 1.23 bits per heavy atom. The second kappa shape index (κ2) is 4.71. The van der Waals surface area contributed by atoms with Gasteiger partial charge in [0, 0.05) is 22.5 Å². The van der Waals surface area contributed by atoms with Crippen molar-refractivity contribution in [1.29, 1.82) is 0 Å². The summed E-state index contributed by atoms with van der Waals surface area (Å²) in [6.07, 6.45) is 2.78. The number of aromatic amines is 1. The van der Waals surface area contributed by atoms with Crippen LogP contribution in [0.4, 0.5) is 0 Å². The number of nitrogens with zero attached hydrogens (tertiary/aromatic N) is 2. The Balaban J connectivity index is 2.00. The summed E-state index contributed by atoms with van der Waals surface area (Å²) in [7, 11) is 0. The Morgan fingerprint density at radius 3 is 2.68 bits per heavy atom. The summed E-state index contributed by atoms with van der Waals surface area (Å²) >= 11 is 5.92. The standard InChI is InChI=1S/C17H16ClN3O/c1-9-7-10(2)15-14(9)16-13(8-19-15)17(22)21(20-16)12-5-3-11(18)4-6-12/h3-6,8-10,20H,7H2,1-2H3. The molecule has 5 heteroatoms. The van der Waals surface area contributed by atoms with Gasteiger partial charge in [0.1, 0.15) is 0 Å². The number of nitrogens with one attached hydrogen (secondary N) is 1. The molecule has 0 spiro atoms. The van der Waals surface area contributed by atoms with Crippen molar-refractivity contribution >= 4 is 22.5 Å². The summed E-state index contributed by atoms with van der Waals surface area (Å²) in [4.78, 5) is 17.2. The highest BCUT2D eigenvalue weighted by Gasteiger charge is 2.30. The molecule has 3 aromatic rings. The van der Waals surface area contributed by atoms with E-state index >= 15 is 0 Å². The topological polar surface area (TPSA) is 50.7 Å². The molecule has 0 saturated carbocycles. The van der Waals surface area contributed by atoms with E-state index < -0.39 is 0 Å². The molecular weight excluding hydrogens is 298 g/mol. The molecule has 0 aliphatic heterocycles. The summed E-state index contributed by atoms with van der Waals surface area (Å²) < 4.78 is 1.57. The molecule has 0 radical (unpaired) electrons. The molecule has 1 N–H and O–H groups in total. The minimum absolute atomic E-state index is 0.0700. The fourth-order valence-corrected chi connectivity index (χ4v) is 3.66. The maximum absolute atomic E-state index is 12.7. The minimum atomic E-state index is -0.0700. The van der Waals surface area contributed by atoms with Gasteiger partial charge in [-0.3, -0.25) is 14.9 Å². The first-order valence-electron chi connectivity index (χ1n) is 7.45. The lowest BCUT2D eigenvalue weighted by Gasteiger charge is -2.05. The first-order valence-corrected chi connectivity index (χ1v) is 7.83. The second-order valence-electron chi connectivity index (χ2n) is 6.11. The zero-order valence-corrected chi connectivity index (χ0v) is 13.2. The maximum atomic E-state index is 12.7. The van der Waals surface area contributed by atoms with Crippen LogP contribution in [0, 0.1) is 0 Å². The summed E-state index contributed by atoms with van der Waals surface area (Å²) in [5.41, 5.74) is 3.93. The Morgan fingerprint density at radius 2 is 1.95 bits per heavy atom. The van der Waals surface area contributed by atoms with E-state index in [2.05, 4.69) is 23.9 Å². The molecule has 2 unspecified atom stereocenters. The average Bonchev–Trinajstić information content (AvgIpc) is 2.98. The number of H-pyrrole nitrogens is 1. The van der Waals surface area contributed by atoms with Gasteiger partial charge in [-0.05, 0) is 42.5 Å². The van der Waals surface area contributed by atoms with Crippen LogP contribution >= 0.6 is 11.6 Å². The fourth-order valence-electron chi connectivity index (χ4n) is 3.53. The van der Waals surface area contributed by atoms with E-state index in [-0.39, 0.29) is 5.56 Å². The summed E-state index contributed by atoms with van der Waals surface area (Å²) in [6.45, 7) is 4.39. The first-order chi connectivity index (χ1) is 10.6. The molecule has 4 nitrogen and oxygen atoms in total. The van der Waals surface area contributed by atoms with E-state index in [9.17, 15) is 4.79 Å². The number of pyridine rings is 1. The number of halogens is 1. The third-order valence-corrected chi connectivity index (χ3v) is 4.81. The zero-order valence-electron chi connectivity index (χ0n) is 12.4. The molecular formula is C17H16ClN3O. The second-order valence-corrected chi connectivity index (χ2v) is 6.55. The Kier molecular flexibility index (Phi) is 2.91. The van der Waals surface area contributed by atoms with Gasteiger partial charge in [-0.15, -0.1) is 0 Å². The highest BCUT2D eigenvalue weighted by Crippen LogP contribution is 2.42. The monoisotopic (exact) mass is 313 g/mol. The van der Waals surface area contributed by atoms with Gasteiger partial charge in [0.2, 0.25) is 0 Å². The summed E-state index contributed by atoms with van der Waals surface area (Å²) in [5, 5.41) is 4.57. The van der Waals surface area contributed by atoms with E-state index in [0.29, 0.717) is 22.2 Å². The van der Waals surface area contributed by atoms with Gasteiger partial charge in [0.15, 0.2) is 0 Å². The molecule has 0 amide bonds. The van der Waals surface area contributed by atoms with E-state index in [1.807, 2.05) is 12.1 Å². The van der Waals surface area contributed by atoms with E-state index in [1.54, 1.807) is 23.0 Å². The first kappa shape index (κ1) is 13.6. The molecule has 22 heavy (non-hydrogen) atoms. The van der Waals surface area contributed by atoms with Crippen molar-refractivity contribution in [1.82, 2.24) is 14.8 Å². The van der Waals surface area contributed by atoms with Gasteiger partial charge >= 0.3 is 0 Å². The number of hydrogen-bond acceptors (Lipinski definition) is 2. The predicted octanol–water partition coefficient (Wildman–Crippen LogP) is 3.98. The van der Waals surface area contributed by atoms with E-state index in [1.165, 1.54) is 5.56 Å². The van der Waals surface area contributed by atoms with E-state index in [0.717, 1.165) is 23.3 Å². The average molecular weight is 314 g/mol. The van der Waals surface area contributed by atoms with Gasteiger partial charge < -0.3 is 0 Å². The third-order valence-electron chi connectivity index (χ3n) is 4.56. The van der Waals surface area contributed by atoms with Crippen LogP contribution in [0.2, 0.25) is 5.02 Å². The smallest absolute Gasteiger partial charge is 0.280 e. The molecule has 2 atom stereocenters. The largest absolute Gasteiger partial charge is 0.290 e. The molecule has 0 saturated heterocycles. The van der Waals surface area contributed by atoms with Crippen LogP contribution in [0.1, 0.15) is 43.4 Å². The van der Waals surface area contributed by atoms with Gasteiger partial charge in [-0.1, -0.05) is 25.4 Å². The number of aromatic nitrogens is 3. The third kappa shape index (κ3) is 1.83. The quantitative estimate of drug-likeness (QED) is 0.739. The number of fused-ring (bicyclic) bond motifs is 3. The molecule has 4 rings (SSSR count). The van der Waals surface area contributed by atoms with Crippen molar-refractivity contribution < 1.29 is 0 Å². The predicted molar refractivity (Wildman–Crippen MR) is 88.1 cm³/mol. The van der Waals surface area contributed by atoms with Crippen LogP contribution in [0.5, 0.6) is 0 Å². The molecule has 1 aliphatic rings. The lowest BCUT2D eigenvalue weighted by atomic mass is 10.0. The van der Waals surface area contributed by atoms with Crippen LogP contribution in [0.25, 0.3) is 16.6 Å². The van der Waals surface area contributed by atoms with Crippen LogP contribution in [0.15, 0.2) is 35.3 Å². The van der Waals surface area contributed by atoms with Crippen molar-refractivity contribution in [2.24, 2.45) is 0 Å². The maximum Gasteiger partial charge on any atom is 0.280 e. The molecule has 2 heterocycles. The van der Waals surface area contributed by atoms with Crippen LogP contribution in [-0.2, 0) is 0 Å². The highest BCUT2D eigenvalue weighted by atomic mass is 35.5. The Bertz CT molecular complexity index is 923. The van der Waals surface area contributed by atoms with Crippen LogP contribution in [-0.4, -0.2) is 14.8 Å². The minimum Gasteiger partial charge on any atom is -0.290 e. The van der Waals surface area contributed by atoms with Gasteiger partial charge in [-0.2, -0.15) is 0 Å². The SMILES string of the molecule is CC1CC(C)c2c1ncc1c(=O)n(-c3ccc(Cl)cc3)[nH]c21. The van der Waals surface area contributed by atoms with Crippen LogP contribution in [0.3, 0.4) is 0 Å².